The van der Waals surface area contributed by atoms with E-state index in [1.54, 1.807) is 6.92 Å². The lowest BCUT2D eigenvalue weighted by molar-refractivity contribution is -0.132. The Morgan fingerprint density at radius 3 is 2.72 bits per heavy atom. The van der Waals surface area contributed by atoms with E-state index in [4.69, 9.17) is 9.05 Å². The summed E-state index contributed by atoms with van der Waals surface area (Å²) in [5.74, 6) is 2.80. The van der Waals surface area contributed by atoms with Crippen molar-refractivity contribution in [2.75, 3.05) is 19.6 Å². The number of hydrogen-bond acceptors (Lipinski definition) is 7. The van der Waals surface area contributed by atoms with Gasteiger partial charge in [-0.1, -0.05) is 24.2 Å². The number of carbonyl (C=O) groups is 1. The van der Waals surface area contributed by atoms with Gasteiger partial charge in [-0.2, -0.15) is 4.98 Å². The van der Waals surface area contributed by atoms with Crippen LogP contribution in [0.1, 0.15) is 62.3 Å². The van der Waals surface area contributed by atoms with Crippen molar-refractivity contribution in [2.45, 2.75) is 72.9 Å². The Morgan fingerprint density at radius 2 is 2.07 bits per heavy atom. The first kappa shape index (κ1) is 21.5. The molecular formula is C21H33N5O3. The van der Waals surface area contributed by atoms with E-state index in [2.05, 4.69) is 34.0 Å². The number of aryl methyl sites for hydroxylation is 2. The fourth-order valence-electron chi connectivity index (χ4n) is 4.02. The largest absolute Gasteiger partial charge is 0.361 e. The molecule has 29 heavy (non-hydrogen) atoms. The molecule has 1 aliphatic heterocycles. The number of piperidine rings is 1. The number of carbonyl (C=O) groups excluding carboxylic acids is 1. The third-order valence-corrected chi connectivity index (χ3v) is 5.56. The van der Waals surface area contributed by atoms with Crippen LogP contribution < -0.4 is 0 Å². The highest BCUT2D eigenvalue weighted by molar-refractivity contribution is 5.73. The molecule has 0 N–H and O–H groups in total. The maximum atomic E-state index is 12.4. The van der Waals surface area contributed by atoms with E-state index in [0.717, 1.165) is 55.9 Å². The maximum absolute atomic E-state index is 12.4. The van der Waals surface area contributed by atoms with Gasteiger partial charge in [0.05, 0.1) is 5.69 Å². The summed E-state index contributed by atoms with van der Waals surface area (Å²) in [6.07, 6.45) is 3.48. The fourth-order valence-corrected chi connectivity index (χ4v) is 4.02. The van der Waals surface area contributed by atoms with Crippen LogP contribution in [0.4, 0.5) is 0 Å². The van der Waals surface area contributed by atoms with Crippen LogP contribution in [0.5, 0.6) is 0 Å². The molecule has 2 aromatic rings. The first-order valence-corrected chi connectivity index (χ1v) is 10.6. The molecule has 8 nitrogen and oxygen atoms in total. The molecule has 1 fully saturated rings. The van der Waals surface area contributed by atoms with E-state index >= 15 is 0 Å². The maximum Gasteiger partial charge on any atom is 0.226 e. The third kappa shape index (κ3) is 5.65. The number of aromatic nitrogens is 3. The van der Waals surface area contributed by atoms with Gasteiger partial charge >= 0.3 is 0 Å². The molecule has 1 unspecified atom stereocenters. The molecule has 0 aliphatic carbocycles. The summed E-state index contributed by atoms with van der Waals surface area (Å²) in [5, 5.41) is 8.14. The average molecular weight is 404 g/mol. The molecule has 0 spiro atoms. The number of nitrogens with zero attached hydrogens (tertiary/aromatic N) is 5. The minimum absolute atomic E-state index is 0.0973. The molecule has 8 heteroatoms. The summed E-state index contributed by atoms with van der Waals surface area (Å²) in [5.41, 5.74) is 2.10. The Bertz CT molecular complexity index is 794. The van der Waals surface area contributed by atoms with Gasteiger partial charge in [0.15, 0.2) is 5.82 Å². The van der Waals surface area contributed by atoms with Crippen LogP contribution in [-0.2, 0) is 24.2 Å². The second kappa shape index (κ2) is 9.52. The summed E-state index contributed by atoms with van der Waals surface area (Å²) in [7, 11) is 0. The smallest absolute Gasteiger partial charge is 0.226 e. The van der Waals surface area contributed by atoms with Gasteiger partial charge in [0, 0.05) is 51.0 Å². The van der Waals surface area contributed by atoms with Gasteiger partial charge in [-0.25, -0.2) is 0 Å². The summed E-state index contributed by atoms with van der Waals surface area (Å²) < 4.78 is 10.6. The summed E-state index contributed by atoms with van der Waals surface area (Å²) in [6, 6.07) is 0.198. The zero-order valence-electron chi connectivity index (χ0n) is 18.3. The molecule has 2 aromatic heterocycles. The highest BCUT2D eigenvalue weighted by Gasteiger charge is 2.28. The molecule has 1 aliphatic rings. The van der Waals surface area contributed by atoms with Crippen LogP contribution in [0.15, 0.2) is 9.05 Å². The molecule has 0 saturated carbocycles. The quantitative estimate of drug-likeness (QED) is 0.669. The van der Waals surface area contributed by atoms with Crippen molar-refractivity contribution in [3.8, 4) is 0 Å². The van der Waals surface area contributed by atoms with Crippen molar-refractivity contribution in [2.24, 2.45) is 5.92 Å². The van der Waals surface area contributed by atoms with E-state index in [1.165, 1.54) is 0 Å². The Labute approximate surface area is 172 Å². The topological polar surface area (TPSA) is 88.5 Å². The summed E-state index contributed by atoms with van der Waals surface area (Å²) in [6.45, 7) is 13.1. The SMILES string of the molecule is CC(=O)N(CCc1noc(CC(C)C)n1)C1CCCN(Cc2c(C)noc2C)C1. The van der Waals surface area contributed by atoms with Crippen molar-refractivity contribution in [3.05, 3.63) is 28.7 Å². The van der Waals surface area contributed by atoms with Gasteiger partial charge in [-0.3, -0.25) is 9.69 Å². The number of hydrogen-bond donors (Lipinski definition) is 0. The minimum atomic E-state index is 0.0973. The molecule has 0 aromatic carbocycles. The van der Waals surface area contributed by atoms with E-state index in [9.17, 15) is 4.79 Å². The van der Waals surface area contributed by atoms with Gasteiger partial charge in [0.1, 0.15) is 5.76 Å². The Hall–Kier alpha value is -2.22. The normalized spacial score (nSPS) is 17.8. The zero-order chi connectivity index (χ0) is 21.0. The number of rotatable bonds is 8. The third-order valence-electron chi connectivity index (χ3n) is 5.56. The zero-order valence-corrected chi connectivity index (χ0v) is 18.3. The molecule has 0 radical (unpaired) electrons. The molecule has 3 rings (SSSR count). The summed E-state index contributed by atoms with van der Waals surface area (Å²) >= 11 is 0. The highest BCUT2D eigenvalue weighted by atomic mass is 16.5. The van der Waals surface area contributed by atoms with Crippen molar-refractivity contribution in [1.82, 2.24) is 25.1 Å². The van der Waals surface area contributed by atoms with E-state index in [-0.39, 0.29) is 11.9 Å². The second-order valence-electron chi connectivity index (χ2n) is 8.50. The highest BCUT2D eigenvalue weighted by Crippen LogP contribution is 2.21. The lowest BCUT2D eigenvalue weighted by Gasteiger charge is -2.39. The van der Waals surface area contributed by atoms with Crippen molar-refractivity contribution in [1.29, 1.82) is 0 Å². The van der Waals surface area contributed by atoms with Crippen LogP contribution in [0, 0.1) is 19.8 Å². The summed E-state index contributed by atoms with van der Waals surface area (Å²) in [4.78, 5) is 21.2. The van der Waals surface area contributed by atoms with Gasteiger partial charge in [0.25, 0.3) is 0 Å². The number of amides is 1. The van der Waals surface area contributed by atoms with Crippen LogP contribution in [0.2, 0.25) is 0 Å². The Balaban J connectivity index is 1.59. The predicted molar refractivity (Wildman–Crippen MR) is 108 cm³/mol. The van der Waals surface area contributed by atoms with Crippen LogP contribution in [-0.4, -0.2) is 56.7 Å². The molecule has 1 saturated heterocycles. The lowest BCUT2D eigenvalue weighted by Crippen LogP contribution is -2.50. The number of likely N-dealkylation sites (tertiary alicyclic amines) is 1. The standard InChI is InChI=1S/C21H33N5O3/c1-14(2)11-21-22-20(24-29-21)8-10-26(17(5)27)18-7-6-9-25(12-18)13-19-15(3)23-28-16(19)4/h14,18H,6-13H2,1-5H3. The fraction of sp³-hybridized carbons (Fsp3) is 0.714. The first-order chi connectivity index (χ1) is 13.8. The lowest BCUT2D eigenvalue weighted by atomic mass is 10.0. The Morgan fingerprint density at radius 1 is 1.28 bits per heavy atom. The van der Waals surface area contributed by atoms with Crippen LogP contribution in [0.3, 0.4) is 0 Å². The van der Waals surface area contributed by atoms with Gasteiger partial charge in [-0.15, -0.1) is 0 Å². The first-order valence-electron chi connectivity index (χ1n) is 10.6. The van der Waals surface area contributed by atoms with Gasteiger partial charge < -0.3 is 13.9 Å². The molecule has 3 heterocycles. The van der Waals surface area contributed by atoms with E-state index in [0.29, 0.717) is 30.6 Å². The van der Waals surface area contributed by atoms with Crippen LogP contribution >= 0.6 is 0 Å². The van der Waals surface area contributed by atoms with Gasteiger partial charge in [0.2, 0.25) is 11.8 Å². The molecule has 1 amide bonds. The second-order valence-corrected chi connectivity index (χ2v) is 8.50. The van der Waals surface area contributed by atoms with Crippen LogP contribution in [0.25, 0.3) is 0 Å². The molecule has 0 bridgehead atoms. The van der Waals surface area contributed by atoms with Gasteiger partial charge in [-0.05, 0) is 39.2 Å². The minimum Gasteiger partial charge on any atom is -0.361 e. The van der Waals surface area contributed by atoms with E-state index < -0.39 is 0 Å². The van der Waals surface area contributed by atoms with Crippen molar-refractivity contribution < 1.29 is 13.8 Å². The Kier molecular flexibility index (Phi) is 7.05. The molecule has 1 atom stereocenters. The van der Waals surface area contributed by atoms with E-state index in [1.807, 2.05) is 18.7 Å². The molecular weight excluding hydrogens is 370 g/mol. The van der Waals surface area contributed by atoms with Crippen molar-refractivity contribution >= 4 is 5.91 Å². The predicted octanol–water partition coefficient (Wildman–Crippen LogP) is 2.93. The average Bonchev–Trinajstić information content (AvgIpc) is 3.23. The molecule has 160 valence electrons. The monoisotopic (exact) mass is 403 g/mol. The van der Waals surface area contributed by atoms with Crippen molar-refractivity contribution in [3.63, 3.8) is 0 Å².